The van der Waals surface area contributed by atoms with Gasteiger partial charge in [-0.25, -0.2) is 9.18 Å². The van der Waals surface area contributed by atoms with Crippen LogP contribution in [0.1, 0.15) is 19.4 Å². The van der Waals surface area contributed by atoms with Crippen molar-refractivity contribution in [2.75, 3.05) is 23.7 Å². The maximum absolute atomic E-state index is 14.6. The summed E-state index contributed by atoms with van der Waals surface area (Å²) in [5, 5.41) is 0.173. The van der Waals surface area contributed by atoms with Gasteiger partial charge in [-0.2, -0.15) is 18.2 Å². The van der Waals surface area contributed by atoms with E-state index in [4.69, 9.17) is 5.73 Å². The number of anilines is 1. The minimum Gasteiger partial charge on any atom is -0.352 e. The van der Waals surface area contributed by atoms with E-state index in [-0.39, 0.29) is 70.6 Å². The number of aromatic nitrogens is 2. The second-order valence-electron chi connectivity index (χ2n) is 9.98. The fraction of sp³-hybridized carbons (Fsp3) is 0.370. The maximum Gasteiger partial charge on any atom is 0.417 e. The monoisotopic (exact) mass is 561 g/mol. The number of carbonyl (C=O) groups excluding carboxylic acids is 1. The second-order valence-corrected chi connectivity index (χ2v) is 11.0. The Morgan fingerprint density at radius 2 is 1.79 bits per heavy atom. The zero-order valence-electron chi connectivity index (χ0n) is 21.3. The van der Waals surface area contributed by atoms with E-state index in [0.717, 1.165) is 30.0 Å². The molecule has 3 atom stereocenters. The number of hydrogen-bond acceptors (Lipinski definition) is 6. The van der Waals surface area contributed by atoms with Crippen molar-refractivity contribution in [2.45, 2.75) is 49.6 Å². The number of piperazine rings is 1. The van der Waals surface area contributed by atoms with E-state index in [1.165, 1.54) is 22.8 Å². The molecule has 1 aromatic heterocycles. The van der Waals surface area contributed by atoms with Gasteiger partial charge in [0.15, 0.2) is 0 Å². The predicted molar refractivity (Wildman–Crippen MR) is 143 cm³/mol. The Labute approximate surface area is 226 Å². The van der Waals surface area contributed by atoms with Gasteiger partial charge in [-0.1, -0.05) is 18.7 Å². The maximum atomic E-state index is 14.6. The van der Waals surface area contributed by atoms with Crippen LogP contribution in [-0.2, 0) is 17.5 Å². The Kier molecular flexibility index (Phi) is 6.96. The molecule has 2 N–H and O–H groups in total. The first kappa shape index (κ1) is 27.2. The molecular formula is C27H27F4N5O2S. The van der Waals surface area contributed by atoms with Gasteiger partial charge in [0.2, 0.25) is 5.91 Å². The van der Waals surface area contributed by atoms with Gasteiger partial charge in [0.25, 0.3) is 0 Å². The van der Waals surface area contributed by atoms with Crippen LogP contribution in [0.25, 0.3) is 22.0 Å². The van der Waals surface area contributed by atoms with E-state index in [9.17, 15) is 27.2 Å². The van der Waals surface area contributed by atoms with Crippen LogP contribution in [0.4, 0.5) is 23.4 Å². The van der Waals surface area contributed by atoms with Gasteiger partial charge in [-0.3, -0.25) is 9.36 Å². The molecule has 0 aliphatic carbocycles. The molecule has 5 rings (SSSR count). The Balaban J connectivity index is 1.81. The number of nitrogens with zero attached hydrogens (tertiary/aromatic N) is 4. The van der Waals surface area contributed by atoms with E-state index in [2.05, 4.69) is 11.6 Å². The molecule has 3 heterocycles. The van der Waals surface area contributed by atoms with Gasteiger partial charge in [0, 0.05) is 59.4 Å². The predicted octanol–water partition coefficient (Wildman–Crippen LogP) is 4.27. The van der Waals surface area contributed by atoms with Crippen molar-refractivity contribution in [3.05, 3.63) is 64.9 Å². The van der Waals surface area contributed by atoms with Gasteiger partial charge in [0.05, 0.1) is 11.1 Å². The first-order valence-electron chi connectivity index (χ1n) is 12.4. The summed E-state index contributed by atoms with van der Waals surface area (Å²) in [6.45, 7) is 7.83. The number of thioether (sulfide) groups is 1. The van der Waals surface area contributed by atoms with Gasteiger partial charge in [0.1, 0.15) is 11.6 Å². The molecule has 0 bridgehead atoms. The molecule has 1 saturated heterocycles. The number of benzene rings is 2. The summed E-state index contributed by atoms with van der Waals surface area (Å²) in [6.07, 6.45) is -3.52. The molecular weight excluding hydrogens is 534 g/mol. The van der Waals surface area contributed by atoms with Crippen molar-refractivity contribution in [1.29, 1.82) is 0 Å². The average Bonchev–Trinajstić information content (AvgIpc) is 3.05. The number of alkyl halides is 3. The molecule has 12 heteroatoms. The van der Waals surface area contributed by atoms with Crippen molar-refractivity contribution < 1.29 is 22.4 Å². The van der Waals surface area contributed by atoms with E-state index >= 15 is 0 Å². The highest BCUT2D eigenvalue weighted by atomic mass is 32.2. The fourth-order valence-electron chi connectivity index (χ4n) is 5.58. The summed E-state index contributed by atoms with van der Waals surface area (Å²) < 4.78 is 59.0. The molecule has 0 unspecified atom stereocenters. The van der Waals surface area contributed by atoms with Crippen LogP contribution in [0.3, 0.4) is 0 Å². The lowest BCUT2D eigenvalue weighted by molar-refractivity contribution is -0.137. The standard InChI is InChI=1S/C27H27F4N5O2S/c1-4-21(37)36-14(2)10-34(11-15(36)3)25-19-9-20(27(29,30)31)22(16-5-7-17(28)8-6-16)24-23(19)35(26(38)33-25)12-18(32)13-39-24/h4-9,14-15,18H,1,10-13,32H2,2-3H3/t14-,15+,18-/m0/s1. The topological polar surface area (TPSA) is 84.5 Å². The number of halogens is 4. The number of hydrogen-bond donors (Lipinski definition) is 1. The third-order valence-electron chi connectivity index (χ3n) is 7.14. The highest BCUT2D eigenvalue weighted by molar-refractivity contribution is 7.99. The summed E-state index contributed by atoms with van der Waals surface area (Å²) >= 11 is 1.15. The first-order valence-corrected chi connectivity index (χ1v) is 13.4. The zero-order valence-corrected chi connectivity index (χ0v) is 22.2. The quantitative estimate of drug-likeness (QED) is 0.380. The first-order chi connectivity index (χ1) is 18.4. The van der Waals surface area contributed by atoms with Gasteiger partial charge >= 0.3 is 11.9 Å². The lowest BCUT2D eigenvalue weighted by atomic mass is 9.96. The number of carbonyl (C=O) groups is 1. The minimum absolute atomic E-state index is 0.0885. The highest BCUT2D eigenvalue weighted by Gasteiger charge is 2.39. The molecule has 39 heavy (non-hydrogen) atoms. The SMILES string of the molecule is C=CC(=O)N1[C@H](C)CN(c2nc(=O)n3c4c(c(-c5ccc(F)cc5)c(C(F)(F)F)cc24)SC[C@@H](N)C3)C[C@@H]1C. The van der Waals surface area contributed by atoms with Crippen LogP contribution in [0.15, 0.2) is 52.7 Å². The fourth-order valence-corrected chi connectivity index (χ4v) is 6.80. The summed E-state index contributed by atoms with van der Waals surface area (Å²) in [5.41, 5.74) is 5.08. The molecule has 0 saturated carbocycles. The minimum atomic E-state index is -4.75. The highest BCUT2D eigenvalue weighted by Crippen LogP contribution is 2.48. The normalized spacial score (nSPS) is 21.7. The van der Waals surface area contributed by atoms with Crippen molar-refractivity contribution in [1.82, 2.24) is 14.5 Å². The Bertz CT molecular complexity index is 1510. The van der Waals surface area contributed by atoms with Crippen molar-refractivity contribution in [3.8, 4) is 11.1 Å². The summed E-state index contributed by atoms with van der Waals surface area (Å²) in [7, 11) is 0. The molecule has 206 valence electrons. The lowest BCUT2D eigenvalue weighted by Crippen LogP contribution is -2.58. The van der Waals surface area contributed by atoms with E-state index in [0.29, 0.717) is 5.52 Å². The smallest absolute Gasteiger partial charge is 0.352 e. The number of amides is 1. The summed E-state index contributed by atoms with van der Waals surface area (Å²) in [5.74, 6) is -0.416. The Morgan fingerprint density at radius 1 is 1.15 bits per heavy atom. The van der Waals surface area contributed by atoms with Crippen LogP contribution in [-0.4, -0.2) is 57.3 Å². The van der Waals surface area contributed by atoms with Crippen molar-refractivity contribution in [3.63, 3.8) is 0 Å². The summed E-state index contributed by atoms with van der Waals surface area (Å²) in [4.78, 5) is 33.7. The molecule has 3 aromatic rings. The van der Waals surface area contributed by atoms with Crippen LogP contribution >= 0.6 is 11.8 Å². The molecule has 1 fully saturated rings. The molecule has 2 aromatic carbocycles. The number of rotatable bonds is 3. The molecule has 1 amide bonds. The lowest BCUT2D eigenvalue weighted by Gasteiger charge is -2.44. The second kappa shape index (κ2) is 9.98. The van der Waals surface area contributed by atoms with Gasteiger partial charge in [-0.15, -0.1) is 11.8 Å². The van der Waals surface area contributed by atoms with Crippen molar-refractivity contribution in [2.24, 2.45) is 5.73 Å². The summed E-state index contributed by atoms with van der Waals surface area (Å²) in [6, 6.07) is 4.74. The molecule has 0 spiro atoms. The van der Waals surface area contributed by atoms with Crippen LogP contribution in [0.5, 0.6) is 0 Å². The number of nitrogens with two attached hydrogens (primary N) is 1. The van der Waals surface area contributed by atoms with E-state index < -0.39 is 29.3 Å². The van der Waals surface area contributed by atoms with E-state index in [1.54, 1.807) is 9.80 Å². The largest absolute Gasteiger partial charge is 0.417 e. The molecule has 2 aliphatic rings. The molecule has 7 nitrogen and oxygen atoms in total. The molecule has 2 aliphatic heterocycles. The van der Waals surface area contributed by atoms with Crippen LogP contribution in [0.2, 0.25) is 0 Å². The van der Waals surface area contributed by atoms with Crippen LogP contribution in [0, 0.1) is 5.82 Å². The van der Waals surface area contributed by atoms with Crippen LogP contribution < -0.4 is 16.3 Å². The third kappa shape index (κ3) is 4.80. The van der Waals surface area contributed by atoms with Gasteiger partial charge in [-0.05, 0) is 43.7 Å². The third-order valence-corrected chi connectivity index (χ3v) is 8.42. The van der Waals surface area contributed by atoms with Gasteiger partial charge < -0.3 is 15.5 Å². The Morgan fingerprint density at radius 3 is 2.38 bits per heavy atom. The Hall–Kier alpha value is -3.38. The van der Waals surface area contributed by atoms with Crippen molar-refractivity contribution >= 4 is 34.4 Å². The van der Waals surface area contributed by atoms with E-state index in [1.807, 2.05) is 13.8 Å². The zero-order chi connectivity index (χ0) is 28.2. The molecule has 0 radical (unpaired) electrons. The average molecular weight is 562 g/mol.